The van der Waals surface area contributed by atoms with E-state index in [2.05, 4.69) is 16.2 Å². The molecule has 1 aliphatic heterocycles. The number of ether oxygens (including phenoxy) is 1. The fourth-order valence-corrected chi connectivity index (χ4v) is 2.32. The van der Waals surface area contributed by atoms with Gasteiger partial charge in [-0.3, -0.25) is 15.6 Å². The average Bonchev–Trinajstić information content (AvgIpc) is 2.89. The third-order valence-electron chi connectivity index (χ3n) is 3.81. The molecule has 0 spiro atoms. The molecule has 23 heavy (non-hydrogen) atoms. The summed E-state index contributed by atoms with van der Waals surface area (Å²) < 4.78 is 43.9. The van der Waals surface area contributed by atoms with Crippen molar-refractivity contribution in [3.05, 3.63) is 29.8 Å². The zero-order chi connectivity index (χ0) is 17.0. The molecule has 3 unspecified atom stereocenters. The van der Waals surface area contributed by atoms with Crippen molar-refractivity contribution >= 4 is 5.91 Å². The van der Waals surface area contributed by atoms with Gasteiger partial charge in [0.25, 0.3) is 5.91 Å². The van der Waals surface area contributed by atoms with Crippen LogP contribution in [0.15, 0.2) is 24.3 Å². The third-order valence-corrected chi connectivity index (χ3v) is 3.81. The Labute approximate surface area is 132 Å². The fraction of sp³-hybridized carbons (Fsp3) is 0.533. The molecule has 0 aliphatic carbocycles. The van der Waals surface area contributed by atoms with Crippen LogP contribution in [0, 0.1) is 5.92 Å². The Morgan fingerprint density at radius 1 is 1.43 bits per heavy atom. The minimum Gasteiger partial charge on any atom is -0.480 e. The fourth-order valence-electron chi connectivity index (χ4n) is 2.32. The van der Waals surface area contributed by atoms with Crippen LogP contribution in [0.1, 0.15) is 19.4 Å². The Morgan fingerprint density at radius 2 is 2.13 bits per heavy atom. The zero-order valence-corrected chi connectivity index (χ0v) is 12.9. The van der Waals surface area contributed by atoms with Crippen LogP contribution in [0.2, 0.25) is 0 Å². The molecular weight excluding hydrogens is 311 g/mol. The van der Waals surface area contributed by atoms with Gasteiger partial charge < -0.3 is 10.1 Å². The van der Waals surface area contributed by atoms with Gasteiger partial charge in [-0.05, 0) is 26.0 Å². The van der Waals surface area contributed by atoms with Gasteiger partial charge in [0.15, 0.2) is 6.10 Å². The monoisotopic (exact) mass is 331 g/mol. The summed E-state index contributed by atoms with van der Waals surface area (Å²) in [6.45, 7) is 4.55. The molecule has 2 rings (SSSR count). The summed E-state index contributed by atoms with van der Waals surface area (Å²) in [7, 11) is 0. The maximum absolute atomic E-state index is 12.9. The van der Waals surface area contributed by atoms with E-state index in [0.717, 1.165) is 6.07 Å². The Bertz CT molecular complexity index is 551. The molecule has 1 aliphatic rings. The molecule has 1 aromatic carbocycles. The van der Waals surface area contributed by atoms with E-state index in [1.165, 1.54) is 25.1 Å². The van der Waals surface area contributed by atoms with Crippen LogP contribution in [0.3, 0.4) is 0 Å². The lowest BCUT2D eigenvalue weighted by atomic mass is 10.0. The van der Waals surface area contributed by atoms with Gasteiger partial charge in [-0.2, -0.15) is 13.2 Å². The number of para-hydroxylation sites is 1. The molecule has 1 amide bonds. The highest BCUT2D eigenvalue weighted by atomic mass is 19.4. The van der Waals surface area contributed by atoms with Gasteiger partial charge in [-0.1, -0.05) is 12.1 Å². The maximum atomic E-state index is 12.9. The van der Waals surface area contributed by atoms with Crippen molar-refractivity contribution in [3.63, 3.8) is 0 Å². The Kier molecular flexibility index (Phi) is 5.48. The van der Waals surface area contributed by atoms with E-state index < -0.39 is 23.8 Å². The van der Waals surface area contributed by atoms with Crippen molar-refractivity contribution in [2.24, 2.45) is 5.92 Å². The number of nitrogens with one attached hydrogen (secondary N) is 3. The number of hydrogen-bond acceptors (Lipinski definition) is 4. The minimum absolute atomic E-state index is 0.206. The molecule has 128 valence electrons. The maximum Gasteiger partial charge on any atom is 0.419 e. The van der Waals surface area contributed by atoms with E-state index in [-0.39, 0.29) is 17.7 Å². The zero-order valence-electron chi connectivity index (χ0n) is 12.9. The molecule has 1 aromatic rings. The molecule has 0 saturated carbocycles. The lowest BCUT2D eigenvalue weighted by Gasteiger charge is -2.20. The van der Waals surface area contributed by atoms with Gasteiger partial charge in [0.2, 0.25) is 0 Å². The highest BCUT2D eigenvalue weighted by Gasteiger charge is 2.35. The summed E-state index contributed by atoms with van der Waals surface area (Å²) in [6, 6.07) is 5.06. The number of benzene rings is 1. The van der Waals surface area contributed by atoms with Crippen LogP contribution in [0.4, 0.5) is 13.2 Å². The number of alkyl halides is 3. The molecule has 1 heterocycles. The second-order valence-electron chi connectivity index (χ2n) is 5.57. The Morgan fingerprint density at radius 3 is 2.74 bits per heavy atom. The van der Waals surface area contributed by atoms with Crippen molar-refractivity contribution in [2.75, 3.05) is 13.1 Å². The Balaban J connectivity index is 1.93. The highest BCUT2D eigenvalue weighted by Crippen LogP contribution is 2.36. The van der Waals surface area contributed by atoms with Crippen LogP contribution in [-0.2, 0) is 11.0 Å². The number of hydrogen-bond donors (Lipinski definition) is 3. The van der Waals surface area contributed by atoms with Gasteiger partial charge in [0.05, 0.1) is 5.56 Å². The number of rotatable bonds is 5. The normalized spacial score (nSPS) is 22.7. The van der Waals surface area contributed by atoms with Crippen molar-refractivity contribution in [1.82, 2.24) is 16.2 Å². The lowest BCUT2D eigenvalue weighted by Crippen LogP contribution is -2.41. The van der Waals surface area contributed by atoms with Gasteiger partial charge in [-0.25, -0.2) is 0 Å². The summed E-state index contributed by atoms with van der Waals surface area (Å²) in [6.07, 6.45) is -5.54. The van der Waals surface area contributed by atoms with Crippen LogP contribution < -0.4 is 20.9 Å². The first-order chi connectivity index (χ1) is 10.8. The summed E-state index contributed by atoms with van der Waals surface area (Å²) >= 11 is 0. The Hall–Kier alpha value is -1.80. The van der Waals surface area contributed by atoms with E-state index in [1.54, 1.807) is 0 Å². The number of hydrazine groups is 1. The van der Waals surface area contributed by atoms with Crippen LogP contribution in [0.5, 0.6) is 5.75 Å². The van der Waals surface area contributed by atoms with Crippen LogP contribution in [0.25, 0.3) is 0 Å². The van der Waals surface area contributed by atoms with E-state index in [4.69, 9.17) is 4.74 Å². The van der Waals surface area contributed by atoms with Gasteiger partial charge in [-0.15, -0.1) is 0 Å². The SMILES string of the molecule is CC(Oc1ccccc1C(F)(F)F)C(=O)NCC1CNNC1C. The summed E-state index contributed by atoms with van der Waals surface area (Å²) in [5.74, 6) is -0.574. The summed E-state index contributed by atoms with van der Waals surface area (Å²) in [5, 5.41) is 2.71. The van der Waals surface area contributed by atoms with Crippen molar-refractivity contribution in [1.29, 1.82) is 0 Å². The average molecular weight is 331 g/mol. The molecule has 3 N–H and O–H groups in total. The molecule has 8 heteroatoms. The molecule has 3 atom stereocenters. The largest absolute Gasteiger partial charge is 0.480 e. The molecule has 1 saturated heterocycles. The molecule has 5 nitrogen and oxygen atoms in total. The minimum atomic E-state index is -4.52. The molecule has 0 radical (unpaired) electrons. The topological polar surface area (TPSA) is 62.4 Å². The van der Waals surface area contributed by atoms with Crippen molar-refractivity contribution in [3.8, 4) is 5.75 Å². The van der Waals surface area contributed by atoms with Gasteiger partial charge in [0, 0.05) is 25.0 Å². The molecule has 1 fully saturated rings. The van der Waals surface area contributed by atoms with E-state index >= 15 is 0 Å². The standard InChI is InChI=1S/C15H20F3N3O2/c1-9-11(8-20-21-9)7-19-14(22)10(2)23-13-6-4-3-5-12(13)15(16,17)18/h3-6,9-11,20-21H,7-8H2,1-2H3,(H,19,22). The second kappa shape index (κ2) is 7.18. The number of carbonyl (C=O) groups is 1. The number of carbonyl (C=O) groups excluding carboxylic acids is 1. The van der Waals surface area contributed by atoms with Crippen LogP contribution in [-0.4, -0.2) is 31.1 Å². The van der Waals surface area contributed by atoms with E-state index in [9.17, 15) is 18.0 Å². The van der Waals surface area contributed by atoms with Gasteiger partial charge in [0.1, 0.15) is 5.75 Å². The summed E-state index contributed by atoms with van der Waals surface area (Å²) in [5.41, 5.74) is 5.12. The predicted octanol–water partition coefficient (Wildman–Crippen LogP) is 1.70. The third kappa shape index (κ3) is 4.59. The highest BCUT2D eigenvalue weighted by molar-refractivity contribution is 5.80. The second-order valence-corrected chi connectivity index (χ2v) is 5.57. The first-order valence-electron chi connectivity index (χ1n) is 7.38. The lowest BCUT2D eigenvalue weighted by molar-refractivity contribution is -0.140. The molecular formula is C15H20F3N3O2. The summed E-state index contributed by atoms with van der Waals surface area (Å²) in [4.78, 5) is 12.0. The van der Waals surface area contributed by atoms with E-state index in [0.29, 0.717) is 13.1 Å². The number of halogens is 3. The van der Waals surface area contributed by atoms with Crippen molar-refractivity contribution in [2.45, 2.75) is 32.2 Å². The quantitative estimate of drug-likeness (QED) is 0.769. The van der Waals surface area contributed by atoms with Crippen LogP contribution >= 0.6 is 0 Å². The molecule has 0 aromatic heterocycles. The van der Waals surface area contributed by atoms with Crippen molar-refractivity contribution < 1.29 is 22.7 Å². The van der Waals surface area contributed by atoms with Gasteiger partial charge >= 0.3 is 6.18 Å². The predicted molar refractivity (Wildman–Crippen MR) is 78.6 cm³/mol. The van der Waals surface area contributed by atoms with E-state index in [1.807, 2.05) is 6.92 Å². The molecule has 0 bridgehead atoms. The first-order valence-corrected chi connectivity index (χ1v) is 7.38. The number of amides is 1. The first kappa shape index (κ1) is 17.6. The smallest absolute Gasteiger partial charge is 0.419 e.